The molecule has 6 nitrogen and oxygen atoms in total. The highest BCUT2D eigenvalue weighted by atomic mass is 16.5. The first kappa shape index (κ1) is 19.6. The van der Waals surface area contributed by atoms with Gasteiger partial charge in [-0.05, 0) is 24.1 Å². The highest BCUT2D eigenvalue weighted by molar-refractivity contribution is 5.91. The van der Waals surface area contributed by atoms with Crippen molar-refractivity contribution in [1.82, 2.24) is 0 Å². The highest BCUT2D eigenvalue weighted by Crippen LogP contribution is 2.38. The molecule has 1 unspecified atom stereocenters. The molecule has 2 N–H and O–H groups in total. The summed E-state index contributed by atoms with van der Waals surface area (Å²) in [5.74, 6) is 0.675. The molecular formula is C20H25NO5. The van der Waals surface area contributed by atoms with E-state index in [-0.39, 0.29) is 6.61 Å². The third-order valence-corrected chi connectivity index (χ3v) is 4.34. The van der Waals surface area contributed by atoms with Gasteiger partial charge in [-0.25, -0.2) is 4.79 Å². The number of carbonyl (C=O) groups is 1. The minimum atomic E-state index is -0.752. The molecule has 6 heteroatoms. The molecule has 26 heavy (non-hydrogen) atoms. The number of benzene rings is 2. The molecule has 2 aromatic carbocycles. The van der Waals surface area contributed by atoms with Crippen molar-refractivity contribution in [3.63, 3.8) is 0 Å². The molecule has 0 aliphatic heterocycles. The smallest absolute Gasteiger partial charge is 0.338 e. The lowest BCUT2D eigenvalue weighted by molar-refractivity contribution is 0.0397. The first-order valence-electron chi connectivity index (χ1n) is 8.30. The maximum atomic E-state index is 12.5. The topological polar surface area (TPSA) is 80.0 Å². The van der Waals surface area contributed by atoms with E-state index in [0.717, 1.165) is 5.56 Å². The second-order valence-electron chi connectivity index (χ2n) is 5.87. The molecule has 0 saturated carbocycles. The van der Waals surface area contributed by atoms with Gasteiger partial charge in [0.2, 0.25) is 5.75 Å². The Morgan fingerprint density at radius 2 is 1.58 bits per heavy atom. The van der Waals surface area contributed by atoms with Crippen molar-refractivity contribution < 1.29 is 23.7 Å². The second kappa shape index (κ2) is 8.58. The van der Waals surface area contributed by atoms with Crippen molar-refractivity contribution in [3.05, 3.63) is 53.6 Å². The second-order valence-corrected chi connectivity index (χ2v) is 5.87. The van der Waals surface area contributed by atoms with Gasteiger partial charge in [0.1, 0.15) is 6.61 Å². The van der Waals surface area contributed by atoms with Crippen molar-refractivity contribution >= 4 is 5.97 Å². The van der Waals surface area contributed by atoms with Crippen LogP contribution in [0.1, 0.15) is 29.3 Å². The summed E-state index contributed by atoms with van der Waals surface area (Å²) in [5, 5.41) is 0. The van der Waals surface area contributed by atoms with Crippen molar-refractivity contribution in [2.75, 3.05) is 27.9 Å². The van der Waals surface area contributed by atoms with Gasteiger partial charge in [0.25, 0.3) is 0 Å². The molecule has 0 spiro atoms. The Kier molecular flexibility index (Phi) is 6.46. The number of methoxy groups -OCH3 is 3. The van der Waals surface area contributed by atoms with Crippen LogP contribution in [0, 0.1) is 0 Å². The molecule has 2 aromatic rings. The van der Waals surface area contributed by atoms with E-state index >= 15 is 0 Å². The lowest BCUT2D eigenvalue weighted by atomic mass is 9.89. The lowest BCUT2D eigenvalue weighted by Crippen LogP contribution is -2.41. The third-order valence-electron chi connectivity index (χ3n) is 4.34. The molecule has 140 valence electrons. The van der Waals surface area contributed by atoms with Crippen LogP contribution in [0.2, 0.25) is 0 Å². The van der Waals surface area contributed by atoms with Crippen LogP contribution in [0.5, 0.6) is 17.2 Å². The van der Waals surface area contributed by atoms with Gasteiger partial charge in [-0.3, -0.25) is 0 Å². The quantitative estimate of drug-likeness (QED) is 0.730. The van der Waals surface area contributed by atoms with Gasteiger partial charge in [-0.1, -0.05) is 37.3 Å². The van der Waals surface area contributed by atoms with Crippen LogP contribution in [0.4, 0.5) is 0 Å². The largest absolute Gasteiger partial charge is 0.493 e. The molecule has 2 rings (SSSR count). The minimum absolute atomic E-state index is 0.0585. The van der Waals surface area contributed by atoms with E-state index in [1.165, 1.54) is 21.3 Å². The van der Waals surface area contributed by atoms with Gasteiger partial charge in [-0.2, -0.15) is 0 Å². The average Bonchev–Trinajstić information content (AvgIpc) is 2.71. The number of ether oxygens (including phenoxy) is 4. The highest BCUT2D eigenvalue weighted by Gasteiger charge is 2.28. The Labute approximate surface area is 153 Å². The minimum Gasteiger partial charge on any atom is -0.493 e. The maximum Gasteiger partial charge on any atom is 0.338 e. The van der Waals surface area contributed by atoms with Crippen molar-refractivity contribution in [2.24, 2.45) is 5.73 Å². The Morgan fingerprint density at radius 3 is 2.04 bits per heavy atom. The summed E-state index contributed by atoms with van der Waals surface area (Å²) in [5.41, 5.74) is 6.92. The molecule has 0 aromatic heterocycles. The summed E-state index contributed by atoms with van der Waals surface area (Å²) in [7, 11) is 4.48. The van der Waals surface area contributed by atoms with E-state index < -0.39 is 11.5 Å². The summed E-state index contributed by atoms with van der Waals surface area (Å²) in [4.78, 5) is 12.5. The van der Waals surface area contributed by atoms with Crippen LogP contribution in [0.3, 0.4) is 0 Å². The predicted molar refractivity (Wildman–Crippen MR) is 99.0 cm³/mol. The first-order valence-corrected chi connectivity index (χ1v) is 8.30. The number of rotatable bonds is 8. The Morgan fingerprint density at radius 1 is 1.00 bits per heavy atom. The van der Waals surface area contributed by atoms with Gasteiger partial charge >= 0.3 is 5.97 Å². The normalized spacial score (nSPS) is 12.8. The Hall–Kier alpha value is -2.73. The number of nitrogens with two attached hydrogens (primary N) is 1. The summed E-state index contributed by atoms with van der Waals surface area (Å²) >= 11 is 0. The fraction of sp³-hybridized carbons (Fsp3) is 0.350. The van der Waals surface area contributed by atoms with Gasteiger partial charge in [0, 0.05) is 0 Å². The van der Waals surface area contributed by atoms with Crippen LogP contribution in [0.15, 0.2) is 42.5 Å². The van der Waals surface area contributed by atoms with E-state index in [1.54, 1.807) is 12.1 Å². The van der Waals surface area contributed by atoms with Gasteiger partial charge < -0.3 is 24.7 Å². The lowest BCUT2D eigenvalue weighted by Gasteiger charge is -2.28. The molecule has 0 fully saturated rings. The van der Waals surface area contributed by atoms with Gasteiger partial charge in [0.15, 0.2) is 11.5 Å². The number of carbonyl (C=O) groups excluding carboxylic acids is 1. The van der Waals surface area contributed by atoms with Crippen LogP contribution >= 0.6 is 0 Å². The molecule has 0 aliphatic carbocycles. The van der Waals surface area contributed by atoms with Crippen LogP contribution in [0.25, 0.3) is 0 Å². The molecule has 0 saturated heterocycles. The first-order chi connectivity index (χ1) is 12.5. The van der Waals surface area contributed by atoms with Gasteiger partial charge in [-0.15, -0.1) is 0 Å². The third kappa shape index (κ3) is 4.08. The van der Waals surface area contributed by atoms with E-state index in [0.29, 0.717) is 29.2 Å². The zero-order chi connectivity index (χ0) is 19.2. The van der Waals surface area contributed by atoms with Crippen molar-refractivity contribution in [1.29, 1.82) is 0 Å². The fourth-order valence-electron chi connectivity index (χ4n) is 2.64. The van der Waals surface area contributed by atoms with Gasteiger partial charge in [0.05, 0.1) is 32.4 Å². The van der Waals surface area contributed by atoms with E-state index in [4.69, 9.17) is 24.7 Å². The standard InChI is InChI=1S/C20H25NO5/c1-5-20(21,15-9-7-6-8-10-15)13-26-19(22)14-11-16(23-2)18(25-4)17(12-14)24-3/h6-12H,5,13,21H2,1-4H3. The van der Waals surface area contributed by atoms with Crippen molar-refractivity contribution in [3.8, 4) is 17.2 Å². The zero-order valence-corrected chi connectivity index (χ0v) is 15.6. The monoisotopic (exact) mass is 359 g/mol. The molecule has 0 heterocycles. The molecule has 1 atom stereocenters. The summed E-state index contributed by atoms with van der Waals surface area (Å²) in [6, 6.07) is 12.7. The van der Waals surface area contributed by atoms with Crippen LogP contribution in [-0.2, 0) is 10.3 Å². The molecule has 0 amide bonds. The predicted octanol–water partition coefficient (Wildman–Crippen LogP) is 3.13. The average molecular weight is 359 g/mol. The summed E-state index contributed by atoms with van der Waals surface area (Å²) < 4.78 is 21.3. The number of hydrogen-bond donors (Lipinski definition) is 1. The van der Waals surface area contributed by atoms with E-state index in [9.17, 15) is 4.79 Å². The van der Waals surface area contributed by atoms with E-state index in [2.05, 4.69) is 0 Å². The maximum absolute atomic E-state index is 12.5. The molecule has 0 radical (unpaired) electrons. The molecule has 0 bridgehead atoms. The molecular weight excluding hydrogens is 334 g/mol. The van der Waals surface area contributed by atoms with Crippen molar-refractivity contribution in [2.45, 2.75) is 18.9 Å². The Balaban J connectivity index is 2.22. The summed E-state index contributed by atoms with van der Waals surface area (Å²) in [6.45, 7) is 2.02. The number of hydrogen-bond acceptors (Lipinski definition) is 6. The zero-order valence-electron chi connectivity index (χ0n) is 15.6. The van der Waals surface area contributed by atoms with E-state index in [1.807, 2.05) is 37.3 Å². The number of esters is 1. The molecule has 0 aliphatic rings. The SMILES string of the molecule is CCC(N)(COC(=O)c1cc(OC)c(OC)c(OC)c1)c1ccccc1. The fourth-order valence-corrected chi connectivity index (χ4v) is 2.64. The van der Waals surface area contributed by atoms with Crippen LogP contribution < -0.4 is 19.9 Å². The Bertz CT molecular complexity index is 722. The summed E-state index contributed by atoms with van der Waals surface area (Å²) in [6.07, 6.45) is 0.625. The van der Waals surface area contributed by atoms with Crippen LogP contribution in [-0.4, -0.2) is 33.9 Å².